The molecule has 5 nitrogen and oxygen atoms in total. The van der Waals surface area contributed by atoms with Gasteiger partial charge in [0, 0.05) is 44.3 Å². The summed E-state index contributed by atoms with van der Waals surface area (Å²) in [5.41, 5.74) is 4.69. The number of benzene rings is 1. The third-order valence-electron chi connectivity index (χ3n) is 4.56. The molecule has 1 atom stereocenters. The normalized spacial score (nSPS) is 12.1. The van der Waals surface area contributed by atoms with Gasteiger partial charge in [-0.2, -0.15) is 0 Å². The predicted molar refractivity (Wildman–Crippen MR) is 110 cm³/mol. The summed E-state index contributed by atoms with van der Waals surface area (Å²) < 4.78 is 5.65. The minimum atomic E-state index is -0.621. The topological polar surface area (TPSA) is 58.5 Å². The molecule has 2 heterocycles. The van der Waals surface area contributed by atoms with Crippen molar-refractivity contribution >= 4 is 0 Å². The van der Waals surface area contributed by atoms with E-state index < -0.39 is 6.10 Å². The zero-order valence-corrected chi connectivity index (χ0v) is 16.5. The first-order valence-electron chi connectivity index (χ1n) is 9.49. The van der Waals surface area contributed by atoms with E-state index >= 15 is 0 Å². The Hall–Kier alpha value is -2.76. The summed E-state index contributed by atoms with van der Waals surface area (Å²) in [7, 11) is 0. The molecule has 0 aliphatic carbocycles. The number of aliphatic hydroxyl groups is 1. The van der Waals surface area contributed by atoms with Crippen LogP contribution in [0.4, 0.5) is 0 Å². The van der Waals surface area contributed by atoms with Gasteiger partial charge in [-0.25, -0.2) is 4.98 Å². The van der Waals surface area contributed by atoms with Crippen molar-refractivity contribution in [3.63, 3.8) is 0 Å². The Labute approximate surface area is 166 Å². The van der Waals surface area contributed by atoms with E-state index in [9.17, 15) is 5.11 Å². The van der Waals surface area contributed by atoms with E-state index in [0.717, 1.165) is 17.7 Å². The molecule has 0 saturated heterocycles. The van der Waals surface area contributed by atoms with E-state index in [2.05, 4.69) is 40.0 Å². The van der Waals surface area contributed by atoms with E-state index in [4.69, 9.17) is 4.74 Å². The number of pyridine rings is 2. The molecule has 146 valence electrons. The molecule has 0 aliphatic rings. The number of rotatable bonds is 9. The summed E-state index contributed by atoms with van der Waals surface area (Å²) in [6, 6.07) is 16.1. The van der Waals surface area contributed by atoms with Crippen molar-refractivity contribution in [1.29, 1.82) is 0 Å². The predicted octanol–water partition coefficient (Wildman–Crippen LogP) is 3.54. The quantitative estimate of drug-likeness (QED) is 0.618. The van der Waals surface area contributed by atoms with Crippen LogP contribution < -0.4 is 4.74 Å². The van der Waals surface area contributed by atoms with Gasteiger partial charge in [-0.3, -0.25) is 9.88 Å². The zero-order chi connectivity index (χ0) is 19.8. The maximum absolute atomic E-state index is 10.6. The molecule has 0 amide bonds. The van der Waals surface area contributed by atoms with Crippen molar-refractivity contribution in [2.75, 3.05) is 13.2 Å². The number of aromatic nitrogens is 2. The minimum Gasteiger partial charge on any atom is -0.475 e. The smallest absolute Gasteiger partial charge is 0.213 e. The first-order chi connectivity index (χ1) is 13.6. The summed E-state index contributed by atoms with van der Waals surface area (Å²) in [5, 5.41) is 10.6. The van der Waals surface area contributed by atoms with Crippen LogP contribution in [0.3, 0.4) is 0 Å². The van der Waals surface area contributed by atoms with Crippen LogP contribution in [0.1, 0.15) is 22.3 Å². The molecular weight excluding hydrogens is 350 g/mol. The van der Waals surface area contributed by atoms with E-state index in [0.29, 0.717) is 19.0 Å². The average molecular weight is 377 g/mol. The molecule has 1 N–H and O–H groups in total. The third-order valence-corrected chi connectivity index (χ3v) is 4.56. The van der Waals surface area contributed by atoms with Gasteiger partial charge in [-0.1, -0.05) is 36.4 Å². The van der Waals surface area contributed by atoms with Gasteiger partial charge in [0.25, 0.3) is 0 Å². The molecule has 28 heavy (non-hydrogen) atoms. The van der Waals surface area contributed by atoms with Crippen LogP contribution in [0, 0.1) is 13.8 Å². The number of aryl methyl sites for hydroxylation is 2. The largest absolute Gasteiger partial charge is 0.475 e. The molecule has 0 fully saturated rings. The molecule has 0 aliphatic heterocycles. The number of nitrogens with zero attached hydrogens (tertiary/aromatic N) is 3. The maximum Gasteiger partial charge on any atom is 0.213 e. The van der Waals surface area contributed by atoms with Crippen LogP contribution in [0.5, 0.6) is 5.88 Å². The Balaban J connectivity index is 1.63. The summed E-state index contributed by atoms with van der Waals surface area (Å²) in [5.74, 6) is 0.530. The van der Waals surface area contributed by atoms with Crippen molar-refractivity contribution < 1.29 is 9.84 Å². The molecule has 0 radical (unpaired) electrons. The van der Waals surface area contributed by atoms with Crippen LogP contribution in [-0.4, -0.2) is 39.2 Å². The molecule has 3 rings (SSSR count). The fraction of sp³-hybridized carbons (Fsp3) is 0.304. The van der Waals surface area contributed by atoms with E-state index in [1.807, 2.05) is 43.5 Å². The second kappa shape index (κ2) is 9.97. The first kappa shape index (κ1) is 20.0. The van der Waals surface area contributed by atoms with Gasteiger partial charge in [0.2, 0.25) is 5.88 Å². The fourth-order valence-corrected chi connectivity index (χ4v) is 3.04. The van der Waals surface area contributed by atoms with Crippen molar-refractivity contribution in [3.05, 3.63) is 89.4 Å². The highest BCUT2D eigenvalue weighted by Gasteiger charge is 2.15. The van der Waals surface area contributed by atoms with Crippen molar-refractivity contribution in [2.45, 2.75) is 33.0 Å². The van der Waals surface area contributed by atoms with E-state index in [1.54, 1.807) is 12.4 Å². The highest BCUT2D eigenvalue weighted by Crippen LogP contribution is 2.14. The Morgan fingerprint density at radius 3 is 2.57 bits per heavy atom. The highest BCUT2D eigenvalue weighted by molar-refractivity contribution is 5.25. The van der Waals surface area contributed by atoms with E-state index in [-0.39, 0.29) is 6.61 Å². The van der Waals surface area contributed by atoms with Gasteiger partial charge in [-0.15, -0.1) is 0 Å². The number of hydrogen-bond acceptors (Lipinski definition) is 5. The number of hydrogen-bond donors (Lipinski definition) is 1. The lowest BCUT2D eigenvalue weighted by Crippen LogP contribution is -2.35. The van der Waals surface area contributed by atoms with Gasteiger partial charge in [-0.05, 0) is 42.2 Å². The van der Waals surface area contributed by atoms with Crippen molar-refractivity contribution in [2.24, 2.45) is 0 Å². The van der Waals surface area contributed by atoms with Crippen LogP contribution in [-0.2, 0) is 13.1 Å². The van der Waals surface area contributed by atoms with Gasteiger partial charge in [0.15, 0.2) is 0 Å². The standard InChI is InChI=1S/C23H27N3O2/c1-18-9-10-23(25-12-18)28-17-22(27)16-26(14-20-7-5-11-24-13-20)15-21-8-4-3-6-19(21)2/h3-13,22,27H,14-17H2,1-2H3. The molecule has 2 aromatic heterocycles. The second-order valence-corrected chi connectivity index (χ2v) is 7.10. The van der Waals surface area contributed by atoms with Crippen molar-refractivity contribution in [1.82, 2.24) is 14.9 Å². The van der Waals surface area contributed by atoms with Crippen LogP contribution in [0.2, 0.25) is 0 Å². The van der Waals surface area contributed by atoms with Gasteiger partial charge in [0.1, 0.15) is 12.7 Å². The Morgan fingerprint density at radius 2 is 1.86 bits per heavy atom. The highest BCUT2D eigenvalue weighted by atomic mass is 16.5. The molecule has 1 unspecified atom stereocenters. The lowest BCUT2D eigenvalue weighted by atomic mass is 10.1. The molecule has 0 bridgehead atoms. The lowest BCUT2D eigenvalue weighted by molar-refractivity contribution is 0.0612. The SMILES string of the molecule is Cc1ccc(OCC(O)CN(Cc2cccnc2)Cc2ccccc2C)nc1. The zero-order valence-electron chi connectivity index (χ0n) is 16.5. The van der Waals surface area contributed by atoms with Gasteiger partial charge < -0.3 is 9.84 Å². The number of aliphatic hydroxyl groups excluding tert-OH is 1. The Kier molecular flexibility index (Phi) is 7.12. The summed E-state index contributed by atoms with van der Waals surface area (Å²) in [6.07, 6.45) is 4.77. The molecule has 3 aromatic rings. The Bertz CT molecular complexity index is 853. The summed E-state index contributed by atoms with van der Waals surface area (Å²) >= 11 is 0. The maximum atomic E-state index is 10.6. The molecule has 0 saturated carbocycles. The van der Waals surface area contributed by atoms with Gasteiger partial charge in [0.05, 0.1) is 0 Å². The fourth-order valence-electron chi connectivity index (χ4n) is 3.04. The molecule has 1 aromatic carbocycles. The molecule has 0 spiro atoms. The second-order valence-electron chi connectivity index (χ2n) is 7.10. The Morgan fingerprint density at radius 1 is 1.00 bits per heavy atom. The average Bonchev–Trinajstić information content (AvgIpc) is 2.70. The van der Waals surface area contributed by atoms with Gasteiger partial charge >= 0.3 is 0 Å². The molecular formula is C23H27N3O2. The van der Waals surface area contributed by atoms with Crippen LogP contribution in [0.15, 0.2) is 67.1 Å². The third kappa shape index (κ3) is 6.15. The van der Waals surface area contributed by atoms with Crippen LogP contribution in [0.25, 0.3) is 0 Å². The lowest BCUT2D eigenvalue weighted by Gasteiger charge is -2.26. The number of ether oxygens (including phenoxy) is 1. The monoisotopic (exact) mass is 377 g/mol. The van der Waals surface area contributed by atoms with E-state index in [1.165, 1.54) is 11.1 Å². The first-order valence-corrected chi connectivity index (χ1v) is 9.49. The minimum absolute atomic E-state index is 0.202. The summed E-state index contributed by atoms with van der Waals surface area (Å²) in [4.78, 5) is 10.6. The summed E-state index contributed by atoms with van der Waals surface area (Å²) in [6.45, 7) is 6.25. The van der Waals surface area contributed by atoms with Crippen molar-refractivity contribution in [3.8, 4) is 5.88 Å². The molecule has 5 heteroatoms. The van der Waals surface area contributed by atoms with Crippen LogP contribution >= 0.6 is 0 Å².